The van der Waals surface area contributed by atoms with Gasteiger partial charge in [0.25, 0.3) is 5.56 Å². The van der Waals surface area contributed by atoms with Gasteiger partial charge < -0.3 is 9.80 Å². The van der Waals surface area contributed by atoms with Gasteiger partial charge in [-0.05, 0) is 29.8 Å². The summed E-state index contributed by atoms with van der Waals surface area (Å²) in [6.07, 6.45) is 3.58. The average molecular weight is 375 g/mol. The van der Waals surface area contributed by atoms with E-state index in [1.54, 1.807) is 6.08 Å². The van der Waals surface area contributed by atoms with Gasteiger partial charge in [0.05, 0.1) is 21.3 Å². The van der Waals surface area contributed by atoms with Gasteiger partial charge in [-0.2, -0.15) is 0 Å². The van der Waals surface area contributed by atoms with Crippen LogP contribution in [0.5, 0.6) is 0 Å². The second-order valence-corrected chi connectivity index (χ2v) is 6.90. The van der Waals surface area contributed by atoms with Crippen LogP contribution < -0.4 is 15.4 Å². The van der Waals surface area contributed by atoms with Crippen molar-refractivity contribution in [1.29, 1.82) is 0 Å². The second kappa shape index (κ2) is 6.24. The zero-order valence-electron chi connectivity index (χ0n) is 13.4. The Bertz CT molecular complexity index is 943. The highest BCUT2D eigenvalue weighted by molar-refractivity contribution is 6.42. The van der Waals surface area contributed by atoms with Gasteiger partial charge in [0, 0.05) is 31.9 Å². The van der Waals surface area contributed by atoms with Gasteiger partial charge in [-0.1, -0.05) is 35.9 Å². The molecular weight excluding hydrogens is 359 g/mol. The lowest BCUT2D eigenvalue weighted by Gasteiger charge is -2.36. The molecule has 0 radical (unpaired) electrons. The quantitative estimate of drug-likeness (QED) is 0.874. The number of hydrogen-bond donors (Lipinski definition) is 1. The lowest BCUT2D eigenvalue weighted by molar-refractivity contribution is 0.638. The normalized spacial score (nSPS) is 16.5. The van der Waals surface area contributed by atoms with Crippen molar-refractivity contribution in [3.8, 4) is 0 Å². The van der Waals surface area contributed by atoms with Crippen molar-refractivity contribution < 1.29 is 0 Å². The predicted octanol–water partition coefficient (Wildman–Crippen LogP) is 3.44. The molecule has 2 heterocycles. The zero-order valence-corrected chi connectivity index (χ0v) is 14.9. The highest BCUT2D eigenvalue weighted by Crippen LogP contribution is 2.28. The van der Waals surface area contributed by atoms with Crippen LogP contribution in [0.4, 0.5) is 11.6 Å². The van der Waals surface area contributed by atoms with E-state index in [9.17, 15) is 4.79 Å². The summed E-state index contributed by atoms with van der Waals surface area (Å²) < 4.78 is 0. The van der Waals surface area contributed by atoms with E-state index < -0.39 is 0 Å². The Labute approximate surface area is 155 Å². The molecule has 2 aromatic rings. The van der Waals surface area contributed by atoms with Crippen LogP contribution in [-0.4, -0.2) is 36.1 Å². The first-order chi connectivity index (χ1) is 12.0. The van der Waals surface area contributed by atoms with Crippen LogP contribution in [0.2, 0.25) is 10.0 Å². The van der Waals surface area contributed by atoms with Crippen LogP contribution in [0.15, 0.2) is 35.6 Å². The number of nitrogens with zero attached hydrogens (tertiary/aromatic N) is 3. The Balaban J connectivity index is 1.52. The molecule has 1 aromatic heterocycles. The Morgan fingerprint density at radius 2 is 1.76 bits per heavy atom. The summed E-state index contributed by atoms with van der Waals surface area (Å²) in [7, 11) is 0. The third kappa shape index (κ3) is 2.94. The summed E-state index contributed by atoms with van der Waals surface area (Å²) in [4.78, 5) is 24.0. The van der Waals surface area contributed by atoms with Crippen LogP contribution in [0.1, 0.15) is 11.3 Å². The standard InChI is InChI=1S/C18H16Cl2N4O/c1-11-2-4-13-16(11)21-18(22-17(13)25)24-8-6-23(7-9-24)12-3-5-14(19)15(20)10-12/h2-5,10H,1,6-9H2,(H,21,22,25). The lowest BCUT2D eigenvalue weighted by Crippen LogP contribution is -2.47. The summed E-state index contributed by atoms with van der Waals surface area (Å²) >= 11 is 12.1. The number of aromatic amines is 1. The number of anilines is 2. The number of aromatic nitrogens is 2. The fourth-order valence-corrected chi connectivity index (χ4v) is 3.43. The van der Waals surface area contributed by atoms with Crippen molar-refractivity contribution in [3.05, 3.63) is 62.5 Å². The van der Waals surface area contributed by atoms with E-state index in [0.717, 1.165) is 37.4 Å². The molecule has 7 heteroatoms. The van der Waals surface area contributed by atoms with Crippen LogP contribution in [0.25, 0.3) is 11.6 Å². The maximum Gasteiger partial charge on any atom is 0.260 e. The number of hydrogen-bond acceptors (Lipinski definition) is 4. The van der Waals surface area contributed by atoms with Crippen LogP contribution >= 0.6 is 23.2 Å². The monoisotopic (exact) mass is 374 g/mol. The minimum atomic E-state index is -0.123. The number of allylic oxidation sites excluding steroid dienone is 2. The average Bonchev–Trinajstić information content (AvgIpc) is 2.99. The molecule has 0 bridgehead atoms. The molecule has 0 atom stereocenters. The fourth-order valence-electron chi connectivity index (χ4n) is 3.14. The topological polar surface area (TPSA) is 52.2 Å². The van der Waals surface area contributed by atoms with E-state index >= 15 is 0 Å². The first-order valence-electron chi connectivity index (χ1n) is 7.99. The number of nitrogens with one attached hydrogen (secondary N) is 1. The van der Waals surface area contributed by atoms with Crippen molar-refractivity contribution in [1.82, 2.24) is 9.97 Å². The summed E-state index contributed by atoms with van der Waals surface area (Å²) in [5, 5.41) is 1.11. The number of H-pyrrole nitrogens is 1. The molecule has 1 N–H and O–H groups in total. The van der Waals surface area contributed by atoms with E-state index in [0.29, 0.717) is 27.3 Å². The third-order valence-corrected chi connectivity index (χ3v) is 5.28. The number of rotatable bonds is 2. The molecule has 4 rings (SSSR count). The van der Waals surface area contributed by atoms with Gasteiger partial charge in [0.15, 0.2) is 0 Å². The van der Waals surface area contributed by atoms with E-state index in [4.69, 9.17) is 23.2 Å². The third-order valence-electron chi connectivity index (χ3n) is 4.55. The molecule has 0 amide bonds. The zero-order chi connectivity index (χ0) is 17.6. The SMILES string of the molecule is C=C1C=Cc2c1nc(N1CCN(c3ccc(Cl)c(Cl)c3)CC1)[nH]c2=O. The predicted molar refractivity (Wildman–Crippen MR) is 104 cm³/mol. The van der Waals surface area contributed by atoms with Crippen molar-refractivity contribution in [2.45, 2.75) is 0 Å². The smallest absolute Gasteiger partial charge is 0.260 e. The highest BCUT2D eigenvalue weighted by Gasteiger charge is 2.22. The molecule has 1 fully saturated rings. The van der Waals surface area contributed by atoms with Gasteiger partial charge in [0.2, 0.25) is 5.95 Å². The Kier molecular flexibility index (Phi) is 4.06. The van der Waals surface area contributed by atoms with Crippen molar-refractivity contribution >= 4 is 46.5 Å². The van der Waals surface area contributed by atoms with Gasteiger partial charge >= 0.3 is 0 Å². The van der Waals surface area contributed by atoms with Crippen molar-refractivity contribution in [2.24, 2.45) is 0 Å². The summed E-state index contributed by atoms with van der Waals surface area (Å²) in [5.74, 6) is 0.599. The van der Waals surface area contributed by atoms with E-state index in [1.807, 2.05) is 24.3 Å². The molecule has 1 aliphatic heterocycles. The number of halogens is 2. The second-order valence-electron chi connectivity index (χ2n) is 6.08. The van der Waals surface area contributed by atoms with Gasteiger partial charge in [-0.15, -0.1) is 0 Å². The molecule has 0 saturated carbocycles. The Morgan fingerprint density at radius 1 is 1.04 bits per heavy atom. The van der Waals surface area contributed by atoms with Crippen LogP contribution in [-0.2, 0) is 0 Å². The van der Waals surface area contributed by atoms with E-state index in [-0.39, 0.29) is 5.56 Å². The van der Waals surface area contributed by atoms with Crippen molar-refractivity contribution in [3.63, 3.8) is 0 Å². The largest absolute Gasteiger partial charge is 0.368 e. The maximum atomic E-state index is 12.2. The number of benzene rings is 1. The summed E-state index contributed by atoms with van der Waals surface area (Å²) in [6.45, 7) is 7.05. The first-order valence-corrected chi connectivity index (χ1v) is 8.75. The van der Waals surface area contributed by atoms with E-state index in [2.05, 4.69) is 26.3 Å². The lowest BCUT2D eigenvalue weighted by atomic mass is 10.2. The van der Waals surface area contributed by atoms with Crippen LogP contribution in [0, 0.1) is 0 Å². The number of fused-ring (bicyclic) bond motifs is 1. The highest BCUT2D eigenvalue weighted by atomic mass is 35.5. The van der Waals surface area contributed by atoms with Gasteiger partial charge in [-0.3, -0.25) is 9.78 Å². The summed E-state index contributed by atoms with van der Waals surface area (Å²) in [6, 6.07) is 5.66. The van der Waals surface area contributed by atoms with Gasteiger partial charge in [0.1, 0.15) is 0 Å². The first kappa shape index (κ1) is 16.2. The van der Waals surface area contributed by atoms with E-state index in [1.165, 1.54) is 0 Å². The fraction of sp³-hybridized carbons (Fsp3) is 0.222. The molecule has 2 aliphatic rings. The molecular formula is C18H16Cl2N4O. The molecule has 1 aromatic carbocycles. The molecule has 1 aliphatic carbocycles. The molecule has 1 saturated heterocycles. The molecule has 0 unspecified atom stereocenters. The molecule has 0 spiro atoms. The minimum absolute atomic E-state index is 0.123. The Hall–Kier alpha value is -2.24. The molecule has 5 nitrogen and oxygen atoms in total. The van der Waals surface area contributed by atoms with Gasteiger partial charge in [-0.25, -0.2) is 4.98 Å². The van der Waals surface area contributed by atoms with Crippen LogP contribution in [0.3, 0.4) is 0 Å². The molecule has 25 heavy (non-hydrogen) atoms. The number of piperazine rings is 1. The van der Waals surface area contributed by atoms with Crippen molar-refractivity contribution in [2.75, 3.05) is 36.0 Å². The maximum absolute atomic E-state index is 12.2. The summed E-state index contributed by atoms with van der Waals surface area (Å²) in [5.41, 5.74) is 2.95. The Morgan fingerprint density at radius 3 is 2.48 bits per heavy atom. The molecule has 128 valence electrons. The minimum Gasteiger partial charge on any atom is -0.368 e.